The second kappa shape index (κ2) is 14.6. The Morgan fingerprint density at radius 3 is 2.19 bits per heavy atom. The Kier molecular flexibility index (Phi) is 10.7. The molecule has 2 aromatic carbocycles. The van der Waals surface area contributed by atoms with E-state index in [-0.39, 0.29) is 17.4 Å². The minimum Gasteiger partial charge on any atom is -0.461 e. The predicted molar refractivity (Wildman–Crippen MR) is 189 cm³/mol. The van der Waals surface area contributed by atoms with E-state index < -0.39 is 17.7 Å². The third-order valence-corrected chi connectivity index (χ3v) is 9.53. The van der Waals surface area contributed by atoms with Gasteiger partial charge in [-0.15, -0.1) is 0 Å². The highest BCUT2D eigenvalue weighted by Crippen LogP contribution is 2.49. The van der Waals surface area contributed by atoms with Crippen molar-refractivity contribution in [1.82, 2.24) is 10.3 Å². The third-order valence-electron chi connectivity index (χ3n) is 9.53. The zero-order chi connectivity index (χ0) is 33.8. The molecule has 1 saturated heterocycles. The lowest BCUT2D eigenvalue weighted by Gasteiger charge is -2.34. The van der Waals surface area contributed by atoms with Crippen LogP contribution in [0.2, 0.25) is 0 Å². The van der Waals surface area contributed by atoms with Crippen LogP contribution in [0.25, 0.3) is 11.1 Å². The number of pyridine rings is 1. The van der Waals surface area contributed by atoms with Gasteiger partial charge in [-0.1, -0.05) is 68.1 Å². The summed E-state index contributed by atoms with van der Waals surface area (Å²) in [6.07, 6.45) is 7.54. The molecule has 1 saturated carbocycles. The number of ether oxygens (including phenoxy) is 2. The first kappa shape index (κ1) is 34.6. The number of aryl methyl sites for hydroxylation is 2. The number of benzene rings is 2. The van der Waals surface area contributed by atoms with E-state index in [1.165, 1.54) is 38.5 Å². The van der Waals surface area contributed by atoms with Crippen LogP contribution in [0.4, 0.5) is 5.69 Å². The summed E-state index contributed by atoms with van der Waals surface area (Å²) in [5.41, 5.74) is 6.70. The van der Waals surface area contributed by atoms with Crippen LogP contribution >= 0.6 is 0 Å². The summed E-state index contributed by atoms with van der Waals surface area (Å²) in [4.78, 5) is 34.5. The fraction of sp³-hybridized carbons (Fsp3) is 0.525. The van der Waals surface area contributed by atoms with Crippen molar-refractivity contribution in [3.63, 3.8) is 0 Å². The van der Waals surface area contributed by atoms with Crippen LogP contribution in [0.15, 0.2) is 54.6 Å². The second-order valence-corrected chi connectivity index (χ2v) is 14.8. The molecule has 1 amide bonds. The number of carbonyl (C=O) groups excluding carboxylic acids is 2. The van der Waals surface area contributed by atoms with Gasteiger partial charge in [0.25, 0.3) is 5.91 Å². The van der Waals surface area contributed by atoms with Crippen LogP contribution in [-0.4, -0.2) is 41.7 Å². The van der Waals surface area contributed by atoms with Crippen molar-refractivity contribution in [1.29, 1.82) is 0 Å². The fourth-order valence-electron chi connectivity index (χ4n) is 7.39. The molecule has 3 aromatic rings. The first-order valence-electron chi connectivity index (χ1n) is 17.4. The van der Waals surface area contributed by atoms with Gasteiger partial charge in [0, 0.05) is 47.7 Å². The second-order valence-electron chi connectivity index (χ2n) is 14.8. The number of amides is 1. The lowest BCUT2D eigenvalue weighted by atomic mass is 9.80. The summed E-state index contributed by atoms with van der Waals surface area (Å²) < 4.78 is 12.4. The quantitative estimate of drug-likeness (QED) is 0.236. The van der Waals surface area contributed by atoms with Gasteiger partial charge in [-0.05, 0) is 96.4 Å². The maximum atomic E-state index is 13.9. The molecule has 7 heteroatoms. The Morgan fingerprint density at radius 2 is 1.57 bits per heavy atom. The molecule has 1 unspecified atom stereocenters. The largest absolute Gasteiger partial charge is 0.461 e. The third kappa shape index (κ3) is 8.42. The standard InChI is InChI=1S/C40H53N3O4/c1-27(2)46-38(45)36(47-39(5,6)7)34-29(4)42-28(3)33(35(34)43-24-23-40(26-43)21-13-8-9-14-22-40)31-17-19-32(20-18-31)37(44)41-25-30-15-11-10-12-16-30/h10-12,15-20,27,36H,8-9,13-14,21-26H2,1-7H3,(H,41,44). The highest BCUT2D eigenvalue weighted by atomic mass is 16.6. The van der Waals surface area contributed by atoms with Crippen molar-refractivity contribution in [2.75, 3.05) is 18.0 Å². The SMILES string of the molecule is Cc1nc(C)c(C(OC(C)(C)C)C(=O)OC(C)C)c(N2CCC3(CCCCCC3)C2)c1-c1ccc(C(=O)NCc2ccccc2)cc1. The zero-order valence-electron chi connectivity index (χ0n) is 29.4. The number of anilines is 1. The average Bonchev–Trinajstić information content (AvgIpc) is 3.29. The lowest BCUT2D eigenvalue weighted by molar-refractivity contribution is -0.171. The molecular formula is C40H53N3O4. The number of esters is 1. The summed E-state index contributed by atoms with van der Waals surface area (Å²) in [6, 6.07) is 17.7. The summed E-state index contributed by atoms with van der Waals surface area (Å²) in [5, 5.41) is 3.03. The van der Waals surface area contributed by atoms with Gasteiger partial charge in [-0.2, -0.15) is 0 Å². The molecule has 252 valence electrons. The van der Waals surface area contributed by atoms with E-state index in [9.17, 15) is 9.59 Å². The molecule has 1 atom stereocenters. The lowest BCUT2D eigenvalue weighted by Crippen LogP contribution is -2.34. The Hall–Kier alpha value is -3.71. The number of nitrogens with one attached hydrogen (secondary N) is 1. The normalized spacial score (nSPS) is 17.1. The molecular weight excluding hydrogens is 586 g/mol. The van der Waals surface area contributed by atoms with Crippen molar-refractivity contribution >= 4 is 17.6 Å². The number of carbonyl (C=O) groups is 2. The van der Waals surface area contributed by atoms with Gasteiger partial charge in [0.05, 0.1) is 17.4 Å². The van der Waals surface area contributed by atoms with Gasteiger partial charge in [0.15, 0.2) is 6.10 Å². The van der Waals surface area contributed by atoms with Crippen LogP contribution in [0, 0.1) is 19.3 Å². The molecule has 2 fully saturated rings. The van der Waals surface area contributed by atoms with E-state index in [0.717, 1.165) is 58.8 Å². The highest BCUT2D eigenvalue weighted by Gasteiger charge is 2.42. The Labute approximate surface area is 281 Å². The molecule has 2 aliphatic rings. The van der Waals surface area contributed by atoms with Crippen molar-refractivity contribution in [3.8, 4) is 11.1 Å². The molecule has 2 heterocycles. The minimum atomic E-state index is -0.937. The van der Waals surface area contributed by atoms with E-state index >= 15 is 0 Å². The molecule has 1 aliphatic carbocycles. The van der Waals surface area contributed by atoms with Crippen molar-refractivity contribution < 1.29 is 19.1 Å². The van der Waals surface area contributed by atoms with Gasteiger partial charge in [0.1, 0.15) is 0 Å². The predicted octanol–water partition coefficient (Wildman–Crippen LogP) is 8.65. The topological polar surface area (TPSA) is 80.8 Å². The van der Waals surface area contributed by atoms with Crippen molar-refractivity contribution in [3.05, 3.63) is 82.7 Å². The van der Waals surface area contributed by atoms with Crippen LogP contribution < -0.4 is 10.2 Å². The highest BCUT2D eigenvalue weighted by molar-refractivity contribution is 5.95. The van der Waals surface area contributed by atoms with Crippen molar-refractivity contribution in [2.24, 2.45) is 5.41 Å². The first-order chi connectivity index (χ1) is 22.4. The van der Waals surface area contributed by atoms with Gasteiger partial charge in [-0.3, -0.25) is 9.78 Å². The van der Waals surface area contributed by atoms with Gasteiger partial charge in [-0.25, -0.2) is 4.79 Å². The number of nitrogens with zero attached hydrogens (tertiary/aromatic N) is 2. The fourth-order valence-corrected chi connectivity index (χ4v) is 7.39. The molecule has 1 aromatic heterocycles. The Bertz CT molecular complexity index is 1530. The van der Waals surface area contributed by atoms with E-state index in [1.807, 2.05) is 103 Å². The summed E-state index contributed by atoms with van der Waals surface area (Å²) >= 11 is 0. The average molecular weight is 640 g/mol. The number of hydrogen-bond donors (Lipinski definition) is 1. The Balaban J connectivity index is 1.59. The minimum absolute atomic E-state index is 0.120. The molecule has 1 spiro atoms. The van der Waals surface area contributed by atoms with Crippen molar-refractivity contribution in [2.45, 2.75) is 118 Å². The molecule has 0 bridgehead atoms. The number of hydrogen-bond acceptors (Lipinski definition) is 6. The first-order valence-corrected chi connectivity index (χ1v) is 17.4. The van der Waals surface area contributed by atoms with E-state index in [4.69, 9.17) is 14.5 Å². The maximum absolute atomic E-state index is 13.9. The van der Waals surface area contributed by atoms with Gasteiger partial charge < -0.3 is 19.7 Å². The van der Waals surface area contributed by atoms with Crippen LogP contribution in [-0.2, 0) is 20.8 Å². The van der Waals surface area contributed by atoms with Crippen LogP contribution in [0.5, 0.6) is 0 Å². The van der Waals surface area contributed by atoms with E-state index in [0.29, 0.717) is 12.1 Å². The molecule has 0 radical (unpaired) electrons. The monoisotopic (exact) mass is 639 g/mol. The molecule has 7 nitrogen and oxygen atoms in total. The van der Waals surface area contributed by atoms with E-state index in [2.05, 4.69) is 10.2 Å². The number of rotatable bonds is 9. The van der Waals surface area contributed by atoms with Crippen LogP contribution in [0.3, 0.4) is 0 Å². The van der Waals surface area contributed by atoms with Gasteiger partial charge >= 0.3 is 5.97 Å². The summed E-state index contributed by atoms with van der Waals surface area (Å²) in [7, 11) is 0. The van der Waals surface area contributed by atoms with E-state index in [1.54, 1.807) is 0 Å². The Morgan fingerprint density at radius 1 is 0.915 bits per heavy atom. The zero-order valence-corrected chi connectivity index (χ0v) is 29.4. The summed E-state index contributed by atoms with van der Waals surface area (Å²) in [6.45, 7) is 16.0. The number of aromatic nitrogens is 1. The molecule has 1 N–H and O–H groups in total. The molecule has 47 heavy (non-hydrogen) atoms. The molecule has 1 aliphatic heterocycles. The smallest absolute Gasteiger partial charge is 0.340 e. The van der Waals surface area contributed by atoms with Gasteiger partial charge in [0.2, 0.25) is 0 Å². The summed E-state index contributed by atoms with van der Waals surface area (Å²) in [5.74, 6) is -0.519. The van der Waals surface area contributed by atoms with Crippen LogP contribution in [0.1, 0.15) is 119 Å². The molecule has 5 rings (SSSR count). The maximum Gasteiger partial charge on any atom is 0.340 e.